The van der Waals surface area contributed by atoms with Crippen LogP contribution < -0.4 is 4.74 Å². The minimum absolute atomic E-state index is 0.0685. The van der Waals surface area contributed by atoms with Crippen LogP contribution in [0, 0.1) is 6.92 Å². The lowest BCUT2D eigenvalue weighted by Gasteiger charge is -2.00. The Bertz CT molecular complexity index is 902. The summed E-state index contributed by atoms with van der Waals surface area (Å²) in [5.41, 5.74) is 2.86. The van der Waals surface area contributed by atoms with Crippen molar-refractivity contribution in [2.75, 3.05) is 0 Å². The topological polar surface area (TPSA) is 31.2 Å². The lowest BCUT2D eigenvalue weighted by Crippen LogP contribution is -2.00. The molecule has 0 N–H and O–H groups in total. The van der Waals surface area contributed by atoms with Crippen molar-refractivity contribution in [3.63, 3.8) is 0 Å². The molecular formula is C18H13NO2. The largest absolute Gasteiger partial charge is 0.451 e. The molecule has 0 saturated carbocycles. The van der Waals surface area contributed by atoms with Crippen molar-refractivity contribution in [3.8, 4) is 5.75 Å². The van der Waals surface area contributed by atoms with Crippen molar-refractivity contribution >= 4 is 22.9 Å². The van der Waals surface area contributed by atoms with Crippen LogP contribution in [0.25, 0.3) is 17.1 Å². The van der Waals surface area contributed by atoms with Gasteiger partial charge in [-0.2, -0.15) is 0 Å². The summed E-state index contributed by atoms with van der Waals surface area (Å²) in [6.07, 6.45) is 3.77. The number of hydrogen-bond donors (Lipinski definition) is 0. The van der Waals surface area contributed by atoms with E-state index >= 15 is 0 Å². The number of rotatable bonds is 1. The van der Waals surface area contributed by atoms with Crippen LogP contribution in [0.1, 0.15) is 15.9 Å². The average molecular weight is 275 g/mol. The van der Waals surface area contributed by atoms with E-state index in [0.717, 1.165) is 5.52 Å². The van der Waals surface area contributed by atoms with Crippen molar-refractivity contribution in [2.45, 2.75) is 6.92 Å². The molecule has 0 fully saturated rings. The summed E-state index contributed by atoms with van der Waals surface area (Å²) in [7, 11) is 0. The molecule has 3 nitrogen and oxygen atoms in total. The fraction of sp³-hybridized carbons (Fsp3) is 0.0556. The molecule has 3 aromatic rings. The maximum Gasteiger partial charge on any atom is 0.233 e. The van der Waals surface area contributed by atoms with E-state index in [2.05, 4.69) is 13.0 Å². The first kappa shape index (κ1) is 12.0. The van der Waals surface area contributed by atoms with Gasteiger partial charge in [-0.1, -0.05) is 30.3 Å². The van der Waals surface area contributed by atoms with Crippen molar-refractivity contribution in [3.05, 3.63) is 71.6 Å². The quantitative estimate of drug-likeness (QED) is 0.628. The Kier molecular flexibility index (Phi) is 2.48. The summed E-state index contributed by atoms with van der Waals surface area (Å²) >= 11 is 0. The van der Waals surface area contributed by atoms with Gasteiger partial charge in [-0.25, -0.2) is 0 Å². The Balaban J connectivity index is 1.84. The molecule has 1 aromatic heterocycles. The summed E-state index contributed by atoms with van der Waals surface area (Å²) in [4.78, 5) is 12.3. The van der Waals surface area contributed by atoms with Gasteiger partial charge in [0.15, 0.2) is 5.76 Å². The second-order valence-electron chi connectivity index (χ2n) is 5.16. The highest BCUT2D eigenvalue weighted by molar-refractivity contribution is 6.14. The van der Waals surface area contributed by atoms with Crippen LogP contribution in [-0.2, 0) is 0 Å². The number of carbonyl (C=O) groups excluding carboxylic acids is 1. The van der Waals surface area contributed by atoms with E-state index in [4.69, 9.17) is 4.74 Å². The molecule has 102 valence electrons. The fourth-order valence-corrected chi connectivity index (χ4v) is 2.74. The van der Waals surface area contributed by atoms with E-state index in [1.807, 2.05) is 47.2 Å². The molecule has 0 radical (unpaired) electrons. The minimum Gasteiger partial charge on any atom is -0.451 e. The average Bonchev–Trinajstić information content (AvgIpc) is 2.99. The molecule has 0 atom stereocenters. The number of carbonyl (C=O) groups is 1. The fourth-order valence-electron chi connectivity index (χ4n) is 2.74. The highest BCUT2D eigenvalue weighted by Crippen LogP contribution is 2.31. The first-order chi connectivity index (χ1) is 10.2. The van der Waals surface area contributed by atoms with Crippen LogP contribution in [-0.4, -0.2) is 10.4 Å². The SMILES string of the molecule is Cc1cn(/C=C2\Oc3ccccc3C2=O)c2ccccc12. The second kappa shape index (κ2) is 4.35. The maximum atomic E-state index is 12.3. The molecule has 0 bridgehead atoms. The molecule has 3 heteroatoms. The van der Waals surface area contributed by atoms with Crippen LogP contribution >= 0.6 is 0 Å². The third-order valence-electron chi connectivity index (χ3n) is 3.77. The summed E-state index contributed by atoms with van der Waals surface area (Å²) < 4.78 is 7.62. The number of para-hydroxylation sites is 2. The van der Waals surface area contributed by atoms with Crippen LogP contribution in [0.2, 0.25) is 0 Å². The molecule has 4 rings (SSSR count). The summed E-state index contributed by atoms with van der Waals surface area (Å²) in [6.45, 7) is 2.06. The van der Waals surface area contributed by atoms with Gasteiger partial charge < -0.3 is 9.30 Å². The number of aromatic nitrogens is 1. The predicted molar refractivity (Wildman–Crippen MR) is 82.3 cm³/mol. The Hall–Kier alpha value is -2.81. The molecule has 2 aromatic carbocycles. The summed E-state index contributed by atoms with van der Waals surface area (Å²) in [5, 5.41) is 1.18. The van der Waals surface area contributed by atoms with Gasteiger partial charge in [-0.15, -0.1) is 0 Å². The normalized spacial score (nSPS) is 15.5. The van der Waals surface area contributed by atoms with E-state index in [1.165, 1.54) is 10.9 Å². The van der Waals surface area contributed by atoms with Gasteiger partial charge >= 0.3 is 0 Å². The highest BCUT2D eigenvalue weighted by Gasteiger charge is 2.26. The molecule has 1 aliphatic heterocycles. The van der Waals surface area contributed by atoms with Crippen molar-refractivity contribution < 1.29 is 9.53 Å². The van der Waals surface area contributed by atoms with E-state index in [1.54, 1.807) is 12.3 Å². The smallest absolute Gasteiger partial charge is 0.233 e. The predicted octanol–water partition coefficient (Wildman–Crippen LogP) is 4.02. The molecular weight excluding hydrogens is 262 g/mol. The van der Waals surface area contributed by atoms with Crippen molar-refractivity contribution in [1.29, 1.82) is 0 Å². The van der Waals surface area contributed by atoms with Gasteiger partial charge in [0.1, 0.15) is 5.75 Å². The minimum atomic E-state index is -0.0685. The number of fused-ring (bicyclic) bond motifs is 2. The molecule has 1 aliphatic rings. The Morgan fingerprint density at radius 1 is 1.05 bits per heavy atom. The van der Waals surface area contributed by atoms with Crippen LogP contribution in [0.4, 0.5) is 0 Å². The van der Waals surface area contributed by atoms with Gasteiger partial charge in [-0.3, -0.25) is 4.79 Å². The highest BCUT2D eigenvalue weighted by atomic mass is 16.5. The lowest BCUT2D eigenvalue weighted by molar-refractivity contribution is 0.101. The standard InChI is InChI=1S/C18H13NO2/c1-12-10-19(15-8-4-2-6-13(12)15)11-17-18(20)14-7-3-5-9-16(14)21-17/h2-11H,1H3/b17-11-. The first-order valence-corrected chi connectivity index (χ1v) is 6.83. The zero-order valence-corrected chi connectivity index (χ0v) is 11.5. The van der Waals surface area contributed by atoms with Crippen LogP contribution in [0.5, 0.6) is 5.75 Å². The number of allylic oxidation sites excluding steroid dienone is 1. The Morgan fingerprint density at radius 3 is 2.67 bits per heavy atom. The van der Waals surface area contributed by atoms with Gasteiger partial charge in [0.05, 0.1) is 17.3 Å². The maximum absolute atomic E-state index is 12.3. The van der Waals surface area contributed by atoms with Gasteiger partial charge in [0, 0.05) is 11.6 Å². The Morgan fingerprint density at radius 2 is 1.81 bits per heavy atom. The van der Waals surface area contributed by atoms with Crippen LogP contribution in [0.15, 0.2) is 60.5 Å². The number of benzene rings is 2. The zero-order valence-electron chi connectivity index (χ0n) is 11.5. The Labute approximate surface area is 122 Å². The molecule has 0 spiro atoms. The van der Waals surface area contributed by atoms with Crippen molar-refractivity contribution in [2.24, 2.45) is 0 Å². The summed E-state index contributed by atoms with van der Waals surface area (Å²) in [6, 6.07) is 15.4. The third-order valence-corrected chi connectivity index (χ3v) is 3.77. The number of ether oxygens (including phenoxy) is 1. The number of hydrogen-bond acceptors (Lipinski definition) is 2. The van der Waals surface area contributed by atoms with E-state index in [9.17, 15) is 4.79 Å². The van der Waals surface area contributed by atoms with E-state index in [-0.39, 0.29) is 5.78 Å². The number of nitrogens with zero attached hydrogens (tertiary/aromatic N) is 1. The molecule has 21 heavy (non-hydrogen) atoms. The summed E-state index contributed by atoms with van der Waals surface area (Å²) in [5.74, 6) is 0.917. The lowest BCUT2D eigenvalue weighted by atomic mass is 10.1. The molecule has 2 heterocycles. The molecule has 0 aliphatic carbocycles. The van der Waals surface area contributed by atoms with Crippen molar-refractivity contribution in [1.82, 2.24) is 4.57 Å². The monoisotopic (exact) mass is 275 g/mol. The number of aryl methyl sites for hydroxylation is 1. The third kappa shape index (κ3) is 1.78. The first-order valence-electron chi connectivity index (χ1n) is 6.83. The molecule has 0 amide bonds. The van der Waals surface area contributed by atoms with E-state index in [0.29, 0.717) is 17.1 Å². The molecule has 0 saturated heterocycles. The van der Waals surface area contributed by atoms with Crippen LogP contribution in [0.3, 0.4) is 0 Å². The van der Waals surface area contributed by atoms with E-state index < -0.39 is 0 Å². The number of ketones is 1. The van der Waals surface area contributed by atoms with Gasteiger partial charge in [0.25, 0.3) is 0 Å². The van der Waals surface area contributed by atoms with Gasteiger partial charge in [0.2, 0.25) is 5.78 Å². The zero-order chi connectivity index (χ0) is 14.4. The number of Topliss-reactive ketones (excluding diaryl/α,β-unsaturated/α-hetero) is 1. The second-order valence-corrected chi connectivity index (χ2v) is 5.16. The van der Waals surface area contributed by atoms with Gasteiger partial charge in [-0.05, 0) is 30.7 Å². The molecule has 0 unspecified atom stereocenters.